The molecule has 2 heterocycles. The fourth-order valence-electron chi connectivity index (χ4n) is 1.41. The summed E-state index contributed by atoms with van der Waals surface area (Å²) in [7, 11) is 0. The van der Waals surface area contributed by atoms with Crippen LogP contribution in [0.25, 0.3) is 0 Å². The van der Waals surface area contributed by atoms with Crippen molar-refractivity contribution in [2.75, 3.05) is 19.8 Å². The number of hydrogen-bond acceptors (Lipinski definition) is 5. The molecule has 5 heteroatoms. The van der Waals surface area contributed by atoms with Crippen LogP contribution in [0.3, 0.4) is 0 Å². The van der Waals surface area contributed by atoms with Crippen LogP contribution in [0.4, 0.5) is 0 Å². The van der Waals surface area contributed by atoms with Crippen LogP contribution in [0.15, 0.2) is 4.42 Å². The molecule has 14 heavy (non-hydrogen) atoms. The van der Waals surface area contributed by atoms with Crippen LogP contribution < -0.4 is 5.73 Å². The van der Waals surface area contributed by atoms with E-state index in [1.54, 1.807) is 0 Å². The third-order valence-electron chi connectivity index (χ3n) is 2.19. The monoisotopic (exact) mass is 198 g/mol. The zero-order valence-electron chi connectivity index (χ0n) is 8.16. The van der Waals surface area contributed by atoms with Gasteiger partial charge in [-0.25, -0.2) is 4.98 Å². The molecule has 1 atom stereocenters. The Bertz CT molecular complexity index is 305. The number of aromatic nitrogens is 1. The Morgan fingerprint density at radius 1 is 1.50 bits per heavy atom. The molecule has 2 rings (SSSR count). The first-order chi connectivity index (χ1) is 6.81. The second kappa shape index (κ2) is 4.08. The summed E-state index contributed by atoms with van der Waals surface area (Å²) >= 11 is 0. The van der Waals surface area contributed by atoms with E-state index in [1.165, 1.54) is 0 Å². The predicted octanol–water partition coefficient (Wildman–Crippen LogP) is 0.530. The standard InChI is InChI=1S/C9H14N2O3/c1-6-7(4-10)11-9(14-6)8-5-12-2-3-13-8/h8H,2-5,10H2,1H3. The number of aryl methyl sites for hydroxylation is 1. The van der Waals surface area contributed by atoms with Gasteiger partial charge in [-0.05, 0) is 6.92 Å². The number of rotatable bonds is 2. The molecule has 2 N–H and O–H groups in total. The summed E-state index contributed by atoms with van der Waals surface area (Å²) in [5.41, 5.74) is 6.29. The Hall–Kier alpha value is -0.910. The Balaban J connectivity index is 2.14. The van der Waals surface area contributed by atoms with Crippen LogP contribution in [0.5, 0.6) is 0 Å². The van der Waals surface area contributed by atoms with Gasteiger partial charge in [0.05, 0.1) is 25.5 Å². The van der Waals surface area contributed by atoms with Crippen LogP contribution in [-0.4, -0.2) is 24.8 Å². The SMILES string of the molecule is Cc1oc(C2COCCO2)nc1CN. The van der Waals surface area contributed by atoms with E-state index in [4.69, 9.17) is 19.6 Å². The molecule has 1 aromatic rings. The van der Waals surface area contributed by atoms with Gasteiger partial charge in [-0.3, -0.25) is 0 Å². The van der Waals surface area contributed by atoms with Gasteiger partial charge in [0.1, 0.15) is 5.76 Å². The normalized spacial score (nSPS) is 22.6. The molecule has 1 aromatic heterocycles. The van der Waals surface area contributed by atoms with Crippen molar-refractivity contribution in [1.29, 1.82) is 0 Å². The van der Waals surface area contributed by atoms with E-state index in [1.807, 2.05) is 6.92 Å². The highest BCUT2D eigenvalue weighted by Gasteiger charge is 2.22. The Labute approximate surface area is 82.2 Å². The molecule has 0 aliphatic carbocycles. The number of nitrogens with zero attached hydrogens (tertiary/aromatic N) is 1. The van der Waals surface area contributed by atoms with Crippen molar-refractivity contribution in [3.05, 3.63) is 17.3 Å². The lowest BCUT2D eigenvalue weighted by Gasteiger charge is -2.19. The lowest BCUT2D eigenvalue weighted by atomic mass is 10.3. The largest absolute Gasteiger partial charge is 0.443 e. The van der Waals surface area contributed by atoms with Gasteiger partial charge in [0.25, 0.3) is 0 Å². The quantitative estimate of drug-likeness (QED) is 0.750. The van der Waals surface area contributed by atoms with Gasteiger partial charge in [-0.1, -0.05) is 0 Å². The van der Waals surface area contributed by atoms with Crippen LogP contribution in [-0.2, 0) is 16.0 Å². The second-order valence-corrected chi connectivity index (χ2v) is 3.19. The maximum absolute atomic E-state index is 5.50. The number of nitrogens with two attached hydrogens (primary N) is 1. The fraction of sp³-hybridized carbons (Fsp3) is 0.667. The maximum Gasteiger partial charge on any atom is 0.226 e. The smallest absolute Gasteiger partial charge is 0.226 e. The van der Waals surface area contributed by atoms with Gasteiger partial charge in [0.2, 0.25) is 5.89 Å². The Kier molecular flexibility index (Phi) is 2.81. The number of ether oxygens (including phenoxy) is 2. The van der Waals surface area contributed by atoms with Gasteiger partial charge in [0, 0.05) is 6.54 Å². The first-order valence-corrected chi connectivity index (χ1v) is 4.67. The second-order valence-electron chi connectivity index (χ2n) is 3.19. The molecular formula is C9H14N2O3. The summed E-state index contributed by atoms with van der Waals surface area (Å²) in [5, 5.41) is 0. The van der Waals surface area contributed by atoms with E-state index in [2.05, 4.69) is 4.98 Å². The number of hydrogen-bond donors (Lipinski definition) is 1. The van der Waals surface area contributed by atoms with Gasteiger partial charge < -0.3 is 19.6 Å². The van der Waals surface area contributed by atoms with Gasteiger partial charge in [0.15, 0.2) is 6.10 Å². The average molecular weight is 198 g/mol. The molecule has 0 saturated carbocycles. The van der Waals surface area contributed by atoms with E-state index in [0.717, 1.165) is 11.5 Å². The minimum atomic E-state index is -0.178. The molecule has 0 spiro atoms. The van der Waals surface area contributed by atoms with E-state index in [0.29, 0.717) is 32.3 Å². The van der Waals surface area contributed by atoms with Crippen molar-refractivity contribution in [1.82, 2.24) is 4.98 Å². The van der Waals surface area contributed by atoms with Crippen LogP contribution in [0.1, 0.15) is 23.4 Å². The van der Waals surface area contributed by atoms with E-state index >= 15 is 0 Å². The lowest BCUT2D eigenvalue weighted by molar-refractivity contribution is -0.0997. The van der Waals surface area contributed by atoms with Gasteiger partial charge >= 0.3 is 0 Å². The maximum atomic E-state index is 5.50. The molecule has 1 aliphatic heterocycles. The molecule has 0 radical (unpaired) electrons. The predicted molar refractivity (Wildman–Crippen MR) is 48.6 cm³/mol. The first-order valence-electron chi connectivity index (χ1n) is 4.67. The zero-order chi connectivity index (χ0) is 9.97. The van der Waals surface area contributed by atoms with Gasteiger partial charge in [-0.2, -0.15) is 0 Å². The summed E-state index contributed by atoms with van der Waals surface area (Å²) in [6.07, 6.45) is -0.178. The Morgan fingerprint density at radius 2 is 2.36 bits per heavy atom. The van der Waals surface area contributed by atoms with E-state index in [-0.39, 0.29) is 6.10 Å². The molecule has 0 bridgehead atoms. The molecule has 1 aliphatic rings. The minimum absolute atomic E-state index is 0.178. The summed E-state index contributed by atoms with van der Waals surface area (Å²) < 4.78 is 16.2. The highest BCUT2D eigenvalue weighted by Crippen LogP contribution is 2.22. The van der Waals surface area contributed by atoms with Crippen LogP contribution in [0, 0.1) is 6.92 Å². The summed E-state index contributed by atoms with van der Waals surface area (Å²) in [4.78, 5) is 4.26. The summed E-state index contributed by atoms with van der Waals surface area (Å²) in [5.74, 6) is 1.33. The molecule has 1 saturated heterocycles. The van der Waals surface area contributed by atoms with Crippen molar-refractivity contribution < 1.29 is 13.9 Å². The molecule has 1 fully saturated rings. The van der Waals surface area contributed by atoms with Gasteiger partial charge in [-0.15, -0.1) is 0 Å². The third kappa shape index (κ3) is 1.79. The molecule has 5 nitrogen and oxygen atoms in total. The first kappa shape index (κ1) is 9.64. The minimum Gasteiger partial charge on any atom is -0.443 e. The molecule has 0 aromatic carbocycles. The third-order valence-corrected chi connectivity index (χ3v) is 2.19. The Morgan fingerprint density at radius 3 is 2.93 bits per heavy atom. The van der Waals surface area contributed by atoms with Crippen molar-refractivity contribution in [3.8, 4) is 0 Å². The summed E-state index contributed by atoms with van der Waals surface area (Å²) in [6.45, 7) is 3.97. The summed E-state index contributed by atoms with van der Waals surface area (Å²) in [6, 6.07) is 0. The molecule has 1 unspecified atom stereocenters. The van der Waals surface area contributed by atoms with Crippen molar-refractivity contribution in [3.63, 3.8) is 0 Å². The zero-order valence-corrected chi connectivity index (χ0v) is 8.16. The highest BCUT2D eigenvalue weighted by molar-refractivity contribution is 5.09. The van der Waals surface area contributed by atoms with Crippen molar-refractivity contribution in [2.24, 2.45) is 5.73 Å². The van der Waals surface area contributed by atoms with Crippen molar-refractivity contribution >= 4 is 0 Å². The number of oxazole rings is 1. The van der Waals surface area contributed by atoms with E-state index < -0.39 is 0 Å². The van der Waals surface area contributed by atoms with Crippen LogP contribution in [0.2, 0.25) is 0 Å². The lowest BCUT2D eigenvalue weighted by Crippen LogP contribution is -2.22. The topological polar surface area (TPSA) is 70.5 Å². The van der Waals surface area contributed by atoms with Crippen molar-refractivity contribution in [2.45, 2.75) is 19.6 Å². The molecule has 78 valence electrons. The average Bonchev–Trinajstić information content (AvgIpc) is 2.61. The van der Waals surface area contributed by atoms with Crippen LogP contribution >= 0.6 is 0 Å². The highest BCUT2D eigenvalue weighted by atomic mass is 16.6. The van der Waals surface area contributed by atoms with E-state index in [9.17, 15) is 0 Å². The fourth-order valence-corrected chi connectivity index (χ4v) is 1.41. The molecular weight excluding hydrogens is 184 g/mol. The molecule has 0 amide bonds.